The maximum atomic E-state index is 13.8. The maximum absolute atomic E-state index is 13.8. The summed E-state index contributed by atoms with van der Waals surface area (Å²) in [7, 11) is 1.27. The van der Waals surface area contributed by atoms with Crippen molar-refractivity contribution in [3.8, 4) is 0 Å². The van der Waals surface area contributed by atoms with Gasteiger partial charge in [-0.3, -0.25) is 4.79 Å². The predicted octanol–water partition coefficient (Wildman–Crippen LogP) is 3.60. The van der Waals surface area contributed by atoms with Crippen molar-refractivity contribution in [1.29, 1.82) is 0 Å². The van der Waals surface area contributed by atoms with Crippen molar-refractivity contribution in [2.24, 2.45) is 5.92 Å². The van der Waals surface area contributed by atoms with Crippen LogP contribution in [-0.2, 0) is 9.53 Å². The fourth-order valence-electron chi connectivity index (χ4n) is 1.94. The van der Waals surface area contributed by atoms with E-state index in [9.17, 15) is 14.3 Å². The zero-order valence-corrected chi connectivity index (χ0v) is 12.6. The molecule has 0 heterocycles. The van der Waals surface area contributed by atoms with Crippen LogP contribution in [0.2, 0.25) is 0 Å². The van der Waals surface area contributed by atoms with Gasteiger partial charge >= 0.3 is 5.97 Å². The second-order valence-electron chi connectivity index (χ2n) is 4.38. The summed E-state index contributed by atoms with van der Waals surface area (Å²) in [5.41, 5.74) is 0.120. The summed E-state index contributed by atoms with van der Waals surface area (Å²) in [6.07, 6.45) is 0.949. The fraction of sp³-hybridized carbons (Fsp3) is 0.500. The number of halogens is 2. The predicted molar refractivity (Wildman–Crippen MR) is 74.1 cm³/mol. The van der Waals surface area contributed by atoms with E-state index in [2.05, 4.69) is 20.7 Å². The maximum Gasteiger partial charge on any atom is 0.311 e. The topological polar surface area (TPSA) is 46.5 Å². The van der Waals surface area contributed by atoms with Crippen LogP contribution in [0.5, 0.6) is 0 Å². The normalized spacial score (nSPS) is 13.9. The van der Waals surface area contributed by atoms with Crippen molar-refractivity contribution in [1.82, 2.24) is 0 Å². The van der Waals surface area contributed by atoms with E-state index in [1.54, 1.807) is 6.07 Å². The summed E-state index contributed by atoms with van der Waals surface area (Å²) in [6, 6.07) is 4.38. The van der Waals surface area contributed by atoms with Gasteiger partial charge in [0.25, 0.3) is 0 Å². The van der Waals surface area contributed by atoms with Gasteiger partial charge in [0.05, 0.1) is 19.1 Å². The van der Waals surface area contributed by atoms with Crippen LogP contribution in [-0.4, -0.2) is 18.2 Å². The summed E-state index contributed by atoms with van der Waals surface area (Å²) in [5.74, 6) is -1.78. The molecule has 0 amide bonds. The number of benzene rings is 1. The highest BCUT2D eigenvalue weighted by Gasteiger charge is 2.30. The van der Waals surface area contributed by atoms with Gasteiger partial charge in [0.2, 0.25) is 0 Å². The molecule has 0 aliphatic heterocycles. The average Bonchev–Trinajstić information content (AvgIpc) is 2.38. The van der Waals surface area contributed by atoms with Crippen LogP contribution in [0.25, 0.3) is 0 Å². The molecule has 1 aromatic carbocycles. The monoisotopic (exact) mass is 332 g/mol. The largest absolute Gasteiger partial charge is 0.469 e. The van der Waals surface area contributed by atoms with Crippen molar-refractivity contribution >= 4 is 21.9 Å². The number of aliphatic hydroxyl groups excluding tert-OH is 1. The van der Waals surface area contributed by atoms with Crippen LogP contribution in [0.15, 0.2) is 22.7 Å². The lowest BCUT2D eigenvalue weighted by Crippen LogP contribution is -2.24. The highest BCUT2D eigenvalue weighted by Crippen LogP contribution is 2.30. The molecular formula is C14H18BrFO3. The molecule has 1 aromatic rings. The summed E-state index contributed by atoms with van der Waals surface area (Å²) in [4.78, 5) is 11.7. The summed E-state index contributed by atoms with van der Waals surface area (Å²) in [6.45, 7) is 1.99. The molecule has 0 saturated heterocycles. The molecule has 2 unspecified atom stereocenters. The first-order valence-corrected chi connectivity index (χ1v) is 7.01. The van der Waals surface area contributed by atoms with Gasteiger partial charge in [0, 0.05) is 10.0 Å². The second kappa shape index (κ2) is 7.60. The minimum atomic E-state index is -1.19. The molecular weight excluding hydrogens is 315 g/mol. The first-order chi connectivity index (χ1) is 9.01. The minimum Gasteiger partial charge on any atom is -0.469 e. The van der Waals surface area contributed by atoms with Crippen molar-refractivity contribution in [3.63, 3.8) is 0 Å². The molecule has 1 rings (SSSR count). The third-order valence-electron chi connectivity index (χ3n) is 3.03. The van der Waals surface area contributed by atoms with Crippen molar-refractivity contribution in [2.45, 2.75) is 32.3 Å². The molecule has 106 valence electrons. The molecule has 0 bridgehead atoms. The van der Waals surface area contributed by atoms with Gasteiger partial charge in [-0.25, -0.2) is 4.39 Å². The number of esters is 1. The van der Waals surface area contributed by atoms with Gasteiger partial charge in [-0.1, -0.05) is 41.8 Å². The van der Waals surface area contributed by atoms with Crippen molar-refractivity contribution in [3.05, 3.63) is 34.1 Å². The lowest BCUT2D eigenvalue weighted by Gasteiger charge is -2.21. The molecule has 3 nitrogen and oxygen atoms in total. The Morgan fingerprint density at radius 3 is 2.74 bits per heavy atom. The number of rotatable bonds is 6. The second-order valence-corrected chi connectivity index (χ2v) is 5.30. The van der Waals surface area contributed by atoms with Crippen LogP contribution in [0, 0.1) is 11.7 Å². The molecule has 0 aliphatic carbocycles. The Balaban J connectivity index is 2.97. The van der Waals surface area contributed by atoms with Gasteiger partial charge in [0.1, 0.15) is 5.82 Å². The quantitative estimate of drug-likeness (QED) is 0.809. The third kappa shape index (κ3) is 4.28. The lowest BCUT2D eigenvalue weighted by molar-refractivity contribution is -0.150. The van der Waals surface area contributed by atoms with Gasteiger partial charge < -0.3 is 9.84 Å². The Morgan fingerprint density at radius 1 is 1.53 bits per heavy atom. The highest BCUT2D eigenvalue weighted by molar-refractivity contribution is 9.10. The lowest BCUT2D eigenvalue weighted by atomic mass is 9.91. The Labute approximate surface area is 120 Å². The van der Waals surface area contributed by atoms with E-state index in [0.717, 1.165) is 12.8 Å². The Morgan fingerprint density at radius 2 is 2.21 bits per heavy atom. The molecule has 0 saturated carbocycles. The first-order valence-electron chi connectivity index (χ1n) is 6.22. The van der Waals surface area contributed by atoms with Gasteiger partial charge in [-0.2, -0.15) is 0 Å². The smallest absolute Gasteiger partial charge is 0.311 e. The number of methoxy groups -OCH3 is 1. The third-order valence-corrected chi connectivity index (χ3v) is 3.53. The number of hydrogen-bond donors (Lipinski definition) is 1. The number of hydrogen-bond acceptors (Lipinski definition) is 3. The molecule has 5 heteroatoms. The molecule has 2 atom stereocenters. The Hall–Kier alpha value is -0.940. The number of carbonyl (C=O) groups is 1. The molecule has 0 fully saturated rings. The molecule has 19 heavy (non-hydrogen) atoms. The van der Waals surface area contributed by atoms with E-state index < -0.39 is 23.8 Å². The van der Waals surface area contributed by atoms with Crippen LogP contribution < -0.4 is 0 Å². The van der Waals surface area contributed by atoms with Gasteiger partial charge in [0.15, 0.2) is 0 Å². The van der Waals surface area contributed by atoms with Crippen molar-refractivity contribution in [2.75, 3.05) is 7.11 Å². The van der Waals surface area contributed by atoms with Crippen LogP contribution in [0.1, 0.15) is 37.9 Å². The van der Waals surface area contributed by atoms with E-state index in [1.165, 1.54) is 19.2 Å². The summed E-state index contributed by atoms with van der Waals surface area (Å²) in [5, 5.41) is 10.2. The van der Waals surface area contributed by atoms with Crippen LogP contribution >= 0.6 is 15.9 Å². The molecule has 0 aliphatic rings. The van der Waals surface area contributed by atoms with Crippen LogP contribution in [0.4, 0.5) is 4.39 Å². The van der Waals surface area contributed by atoms with Gasteiger partial charge in [-0.15, -0.1) is 0 Å². The number of unbranched alkanes of at least 4 members (excludes halogenated alkanes) is 1. The molecule has 0 aromatic heterocycles. The van der Waals surface area contributed by atoms with Crippen LogP contribution in [0.3, 0.4) is 0 Å². The van der Waals surface area contributed by atoms with E-state index in [1.807, 2.05) is 6.92 Å². The number of ether oxygens (including phenoxy) is 1. The summed E-state index contributed by atoms with van der Waals surface area (Å²) >= 11 is 3.15. The van der Waals surface area contributed by atoms with E-state index in [4.69, 9.17) is 0 Å². The first kappa shape index (κ1) is 16.1. The molecule has 0 radical (unpaired) electrons. The standard InChI is InChI=1S/C14H18BrFO3/c1-3-4-5-11(14(18)19-2)13(17)10-7-6-9(15)8-12(10)16/h6-8,11,13,17H,3-5H2,1-2H3. The van der Waals surface area contributed by atoms with E-state index in [-0.39, 0.29) is 5.56 Å². The molecule has 1 N–H and O–H groups in total. The van der Waals surface area contributed by atoms with E-state index in [0.29, 0.717) is 10.9 Å². The zero-order chi connectivity index (χ0) is 14.4. The number of carbonyl (C=O) groups excluding carboxylic acids is 1. The Bertz CT molecular complexity index is 437. The summed E-state index contributed by atoms with van der Waals surface area (Å²) < 4.78 is 19.1. The zero-order valence-electron chi connectivity index (χ0n) is 11.0. The highest BCUT2D eigenvalue weighted by atomic mass is 79.9. The average molecular weight is 333 g/mol. The van der Waals surface area contributed by atoms with Crippen molar-refractivity contribution < 1.29 is 19.0 Å². The van der Waals surface area contributed by atoms with E-state index >= 15 is 0 Å². The minimum absolute atomic E-state index is 0.120. The Kier molecular flexibility index (Phi) is 6.45. The number of aliphatic hydroxyl groups is 1. The fourth-order valence-corrected chi connectivity index (χ4v) is 2.27. The molecule has 0 spiro atoms. The SMILES string of the molecule is CCCCC(C(=O)OC)C(O)c1ccc(Br)cc1F. The van der Waals surface area contributed by atoms with Gasteiger partial charge in [-0.05, 0) is 18.6 Å².